The van der Waals surface area contributed by atoms with Crippen LogP contribution in [0.3, 0.4) is 0 Å². The van der Waals surface area contributed by atoms with Crippen LogP contribution in [-0.4, -0.2) is 17.7 Å². The number of alkyl halides is 3. The van der Waals surface area contributed by atoms with Gasteiger partial charge in [0.25, 0.3) is 0 Å². The average molecular weight is 299 g/mol. The summed E-state index contributed by atoms with van der Waals surface area (Å²) in [5.41, 5.74) is 0.0414. The maximum absolute atomic E-state index is 12.0. The van der Waals surface area contributed by atoms with E-state index in [9.17, 15) is 13.6 Å². The normalized spacial score (nSPS) is 10.5. The number of carbonyl (C=O) groups excluding carboxylic acids is 1. The second kappa shape index (κ2) is 5.42. The first kappa shape index (κ1) is 12.4. The van der Waals surface area contributed by atoms with Gasteiger partial charge in [0.05, 0.1) is 10.9 Å². The number of hydrogen-bond acceptors (Lipinski definition) is 2. The van der Waals surface area contributed by atoms with Gasteiger partial charge in [-0.1, -0.05) is 27.5 Å². The zero-order valence-electron chi connectivity index (χ0n) is 7.34. The maximum Gasteiger partial charge on any atom is 0.387 e. The standard InChI is InChI=1S/C9H6BrClF2O2/c10-4-7(14)6-3-5(11)1-2-8(6)15-9(12)13/h1-3,9H,4H2. The predicted molar refractivity (Wildman–Crippen MR) is 56.2 cm³/mol. The molecule has 82 valence electrons. The molecule has 0 saturated heterocycles. The molecule has 0 unspecified atom stereocenters. The Hall–Kier alpha value is -0.680. The van der Waals surface area contributed by atoms with Crippen molar-refractivity contribution in [1.29, 1.82) is 0 Å². The molecule has 0 saturated carbocycles. The van der Waals surface area contributed by atoms with Crippen LogP contribution in [0, 0.1) is 0 Å². The molecule has 0 aliphatic heterocycles. The molecule has 0 aromatic heterocycles. The molecule has 6 heteroatoms. The lowest BCUT2D eigenvalue weighted by atomic mass is 10.1. The van der Waals surface area contributed by atoms with Gasteiger partial charge in [-0.25, -0.2) is 0 Å². The monoisotopic (exact) mass is 298 g/mol. The molecule has 0 radical (unpaired) electrons. The van der Waals surface area contributed by atoms with Gasteiger partial charge in [-0.15, -0.1) is 0 Å². The third kappa shape index (κ3) is 3.43. The fraction of sp³-hybridized carbons (Fsp3) is 0.222. The third-order valence-electron chi connectivity index (χ3n) is 1.58. The van der Waals surface area contributed by atoms with E-state index in [1.165, 1.54) is 18.2 Å². The highest BCUT2D eigenvalue weighted by Gasteiger charge is 2.15. The van der Waals surface area contributed by atoms with E-state index >= 15 is 0 Å². The molecule has 0 amide bonds. The first-order chi connectivity index (χ1) is 7.04. The molecule has 1 rings (SSSR count). The average Bonchev–Trinajstić information content (AvgIpc) is 2.19. The summed E-state index contributed by atoms with van der Waals surface area (Å²) in [6.45, 7) is -2.96. The van der Waals surface area contributed by atoms with E-state index in [2.05, 4.69) is 20.7 Å². The highest BCUT2D eigenvalue weighted by atomic mass is 79.9. The van der Waals surface area contributed by atoms with Crippen molar-refractivity contribution in [1.82, 2.24) is 0 Å². The SMILES string of the molecule is O=C(CBr)c1cc(Cl)ccc1OC(F)F. The van der Waals surface area contributed by atoms with Gasteiger partial charge in [0.15, 0.2) is 5.78 Å². The lowest BCUT2D eigenvalue weighted by molar-refractivity contribution is -0.0501. The van der Waals surface area contributed by atoms with Crippen LogP contribution >= 0.6 is 27.5 Å². The summed E-state index contributed by atoms with van der Waals surface area (Å²) < 4.78 is 28.2. The van der Waals surface area contributed by atoms with Gasteiger partial charge in [-0.05, 0) is 18.2 Å². The van der Waals surface area contributed by atoms with Crippen LogP contribution in [0.4, 0.5) is 8.78 Å². The molecule has 15 heavy (non-hydrogen) atoms. The number of ketones is 1. The molecule has 1 aromatic rings. The second-order valence-corrected chi connectivity index (χ2v) is 3.57. The van der Waals surface area contributed by atoms with Crippen molar-refractivity contribution in [2.75, 3.05) is 5.33 Å². The van der Waals surface area contributed by atoms with E-state index in [0.29, 0.717) is 5.02 Å². The number of hydrogen-bond donors (Lipinski definition) is 0. The topological polar surface area (TPSA) is 26.3 Å². The fourth-order valence-corrected chi connectivity index (χ4v) is 1.46. The van der Waals surface area contributed by atoms with Crippen molar-refractivity contribution >= 4 is 33.3 Å². The molecular formula is C9H6BrClF2O2. The molecule has 0 heterocycles. The van der Waals surface area contributed by atoms with Gasteiger partial charge in [0, 0.05) is 5.02 Å². The molecule has 0 N–H and O–H groups in total. The van der Waals surface area contributed by atoms with Crippen molar-refractivity contribution < 1.29 is 18.3 Å². The summed E-state index contributed by atoms with van der Waals surface area (Å²) in [5, 5.41) is 0.313. The highest BCUT2D eigenvalue weighted by Crippen LogP contribution is 2.25. The molecule has 0 fully saturated rings. The zero-order chi connectivity index (χ0) is 11.4. The van der Waals surface area contributed by atoms with Crippen LogP contribution in [0.15, 0.2) is 18.2 Å². The molecule has 2 nitrogen and oxygen atoms in total. The summed E-state index contributed by atoms with van der Waals surface area (Å²) in [5.74, 6) is -0.535. The Morgan fingerprint density at radius 2 is 2.20 bits per heavy atom. The lowest BCUT2D eigenvalue weighted by Crippen LogP contribution is -2.08. The van der Waals surface area contributed by atoms with Crippen molar-refractivity contribution in [3.05, 3.63) is 28.8 Å². The quantitative estimate of drug-likeness (QED) is 0.628. The van der Waals surface area contributed by atoms with Gasteiger partial charge >= 0.3 is 6.61 Å². The molecule has 0 atom stereocenters. The molecule has 0 aliphatic carbocycles. The van der Waals surface area contributed by atoms with Crippen LogP contribution in [0.1, 0.15) is 10.4 Å². The number of ether oxygens (including phenoxy) is 1. The minimum absolute atomic E-state index is 0.0208. The second-order valence-electron chi connectivity index (χ2n) is 2.58. The van der Waals surface area contributed by atoms with Gasteiger partial charge in [-0.3, -0.25) is 4.79 Å². The summed E-state index contributed by atoms with van der Waals surface area (Å²) in [4.78, 5) is 11.3. The molecule has 1 aromatic carbocycles. The number of rotatable bonds is 4. The highest BCUT2D eigenvalue weighted by molar-refractivity contribution is 9.09. The lowest BCUT2D eigenvalue weighted by Gasteiger charge is -2.09. The minimum Gasteiger partial charge on any atom is -0.434 e. The van der Waals surface area contributed by atoms with E-state index in [4.69, 9.17) is 11.6 Å². The summed E-state index contributed by atoms with van der Waals surface area (Å²) in [6.07, 6.45) is 0. The van der Waals surface area contributed by atoms with Crippen molar-refractivity contribution in [2.24, 2.45) is 0 Å². The Labute approximate surface area is 98.3 Å². The van der Waals surface area contributed by atoms with Gasteiger partial charge in [0.1, 0.15) is 5.75 Å². The Kier molecular flexibility index (Phi) is 4.47. The number of carbonyl (C=O) groups is 1. The van der Waals surface area contributed by atoms with E-state index < -0.39 is 6.61 Å². The fourth-order valence-electron chi connectivity index (χ4n) is 0.991. The van der Waals surface area contributed by atoms with Crippen LogP contribution in [0.25, 0.3) is 0 Å². The maximum atomic E-state index is 12.0. The smallest absolute Gasteiger partial charge is 0.387 e. The van der Waals surface area contributed by atoms with Gasteiger partial charge in [0.2, 0.25) is 0 Å². The summed E-state index contributed by atoms with van der Waals surface area (Å²) in [7, 11) is 0. The van der Waals surface area contributed by atoms with Gasteiger partial charge in [-0.2, -0.15) is 8.78 Å². The van der Waals surface area contributed by atoms with E-state index in [0.717, 1.165) is 0 Å². The largest absolute Gasteiger partial charge is 0.434 e. The van der Waals surface area contributed by atoms with E-state index in [-0.39, 0.29) is 22.4 Å². The van der Waals surface area contributed by atoms with Crippen LogP contribution in [0.5, 0.6) is 5.75 Å². The third-order valence-corrected chi connectivity index (χ3v) is 2.32. The number of benzene rings is 1. The Balaban J connectivity index is 3.08. The zero-order valence-corrected chi connectivity index (χ0v) is 9.69. The van der Waals surface area contributed by atoms with Crippen molar-refractivity contribution in [3.63, 3.8) is 0 Å². The van der Waals surface area contributed by atoms with E-state index in [1.807, 2.05) is 0 Å². The van der Waals surface area contributed by atoms with Crippen molar-refractivity contribution in [3.8, 4) is 5.75 Å². The molecule has 0 aliphatic rings. The predicted octanol–water partition coefficient (Wildman–Crippen LogP) is 3.52. The molecule has 0 spiro atoms. The number of halogens is 4. The summed E-state index contributed by atoms with van der Waals surface area (Å²) in [6, 6.07) is 3.91. The van der Waals surface area contributed by atoms with Gasteiger partial charge < -0.3 is 4.74 Å². The first-order valence-electron chi connectivity index (χ1n) is 3.88. The first-order valence-corrected chi connectivity index (χ1v) is 5.38. The Bertz CT molecular complexity index is 371. The van der Waals surface area contributed by atoms with Crippen LogP contribution in [0.2, 0.25) is 5.02 Å². The number of Topliss-reactive ketones (excluding diaryl/α,β-unsaturated/α-hetero) is 1. The van der Waals surface area contributed by atoms with Crippen molar-refractivity contribution in [2.45, 2.75) is 6.61 Å². The van der Waals surface area contributed by atoms with Crippen LogP contribution < -0.4 is 4.74 Å². The minimum atomic E-state index is -2.96. The molecular weight excluding hydrogens is 293 g/mol. The van der Waals surface area contributed by atoms with E-state index in [1.54, 1.807) is 0 Å². The summed E-state index contributed by atoms with van der Waals surface area (Å²) >= 11 is 8.58. The molecule has 0 bridgehead atoms. The van der Waals surface area contributed by atoms with Crippen LogP contribution in [-0.2, 0) is 0 Å². The Morgan fingerprint density at radius 3 is 2.73 bits per heavy atom. The Morgan fingerprint density at radius 1 is 1.53 bits per heavy atom.